The number of hydrogen-bond acceptors (Lipinski definition) is 2. The van der Waals surface area contributed by atoms with E-state index in [1.165, 1.54) is 6.07 Å². The monoisotopic (exact) mass is 208 g/mol. The average Bonchev–Trinajstić information content (AvgIpc) is 2.32. The van der Waals surface area contributed by atoms with Crippen LogP contribution in [0.4, 0.5) is 13.2 Å². The number of alkyl halides is 3. The van der Waals surface area contributed by atoms with E-state index >= 15 is 0 Å². The van der Waals surface area contributed by atoms with E-state index in [4.69, 9.17) is 5.11 Å². The number of carbonyl (C=O) groups is 1. The van der Waals surface area contributed by atoms with Crippen LogP contribution >= 0.6 is 0 Å². The zero-order valence-electron chi connectivity index (χ0n) is 6.95. The van der Waals surface area contributed by atoms with E-state index in [0.29, 0.717) is 4.68 Å². The number of carboxylic acids is 1. The molecule has 7 heteroatoms. The Hall–Kier alpha value is -1.53. The molecule has 0 bridgehead atoms. The molecule has 78 valence electrons. The molecule has 0 radical (unpaired) electrons. The number of nitrogens with zero attached hydrogens (tertiary/aromatic N) is 2. The number of carboxylic acid groups (broad SMARTS) is 1. The molecular formula is C7H7F3N2O2. The normalized spacial score (nSPS) is 11.6. The number of aliphatic carboxylic acids is 1. The third-order valence-electron chi connectivity index (χ3n) is 1.47. The summed E-state index contributed by atoms with van der Waals surface area (Å²) < 4.78 is 36.4. The van der Waals surface area contributed by atoms with Crippen molar-refractivity contribution < 1.29 is 23.1 Å². The molecule has 0 aromatic carbocycles. The molecule has 1 rings (SSSR count). The Kier molecular flexibility index (Phi) is 2.78. The van der Waals surface area contributed by atoms with E-state index < -0.39 is 25.1 Å². The van der Waals surface area contributed by atoms with Gasteiger partial charge in [-0.3, -0.25) is 9.48 Å². The smallest absolute Gasteiger partial charge is 0.408 e. The van der Waals surface area contributed by atoms with Crippen LogP contribution < -0.4 is 0 Å². The molecule has 0 aliphatic rings. The summed E-state index contributed by atoms with van der Waals surface area (Å²) in [5, 5.41) is 11.8. The molecule has 0 aliphatic carbocycles. The zero-order chi connectivity index (χ0) is 10.8. The zero-order valence-corrected chi connectivity index (χ0v) is 6.95. The van der Waals surface area contributed by atoms with Gasteiger partial charge in [-0.05, 0) is 6.07 Å². The second-order valence-corrected chi connectivity index (χ2v) is 2.67. The lowest BCUT2D eigenvalue weighted by Crippen LogP contribution is -2.21. The SMILES string of the molecule is O=C(O)Cc1ccnn1CC(F)(F)F. The van der Waals surface area contributed by atoms with E-state index in [-0.39, 0.29) is 5.69 Å². The summed E-state index contributed by atoms with van der Waals surface area (Å²) in [5.74, 6) is -1.19. The van der Waals surface area contributed by atoms with Gasteiger partial charge >= 0.3 is 12.1 Å². The minimum atomic E-state index is -4.39. The van der Waals surface area contributed by atoms with E-state index in [1.54, 1.807) is 0 Å². The van der Waals surface area contributed by atoms with Crippen LogP contribution in [0.25, 0.3) is 0 Å². The Morgan fingerprint density at radius 3 is 2.71 bits per heavy atom. The maximum absolute atomic E-state index is 11.9. The third-order valence-corrected chi connectivity index (χ3v) is 1.47. The van der Waals surface area contributed by atoms with Gasteiger partial charge in [-0.2, -0.15) is 18.3 Å². The maximum atomic E-state index is 11.9. The van der Waals surface area contributed by atoms with Gasteiger partial charge in [-0.1, -0.05) is 0 Å². The summed E-state index contributed by atoms with van der Waals surface area (Å²) in [7, 11) is 0. The summed E-state index contributed by atoms with van der Waals surface area (Å²) in [6.45, 7) is -1.26. The molecule has 1 heterocycles. The summed E-state index contributed by atoms with van der Waals surface area (Å²) in [6.07, 6.45) is -3.71. The molecule has 0 spiro atoms. The van der Waals surface area contributed by atoms with E-state index in [9.17, 15) is 18.0 Å². The molecule has 4 nitrogen and oxygen atoms in total. The van der Waals surface area contributed by atoms with Crippen molar-refractivity contribution in [3.05, 3.63) is 18.0 Å². The van der Waals surface area contributed by atoms with E-state index in [1.807, 2.05) is 0 Å². The molecule has 0 atom stereocenters. The van der Waals surface area contributed by atoms with Gasteiger partial charge in [0.15, 0.2) is 0 Å². The summed E-state index contributed by atoms with van der Waals surface area (Å²) >= 11 is 0. The highest BCUT2D eigenvalue weighted by atomic mass is 19.4. The first kappa shape index (κ1) is 10.6. The van der Waals surface area contributed by atoms with Crippen LogP contribution in [-0.4, -0.2) is 27.0 Å². The molecule has 1 aromatic heterocycles. The topological polar surface area (TPSA) is 55.1 Å². The average molecular weight is 208 g/mol. The summed E-state index contributed by atoms with van der Waals surface area (Å²) in [6, 6.07) is 1.25. The van der Waals surface area contributed by atoms with Gasteiger partial charge in [-0.25, -0.2) is 0 Å². The van der Waals surface area contributed by atoms with Crippen molar-refractivity contribution in [1.82, 2.24) is 9.78 Å². The van der Waals surface area contributed by atoms with Gasteiger partial charge in [0.25, 0.3) is 0 Å². The number of halogens is 3. The van der Waals surface area contributed by atoms with Gasteiger partial charge < -0.3 is 5.11 Å². The van der Waals surface area contributed by atoms with Crippen LogP contribution in [0.5, 0.6) is 0 Å². The van der Waals surface area contributed by atoms with Crippen molar-refractivity contribution in [3.63, 3.8) is 0 Å². The van der Waals surface area contributed by atoms with Gasteiger partial charge in [0.05, 0.1) is 6.42 Å². The van der Waals surface area contributed by atoms with Crippen molar-refractivity contribution in [2.24, 2.45) is 0 Å². The summed E-state index contributed by atoms with van der Waals surface area (Å²) in [5.41, 5.74) is 0.0369. The minimum Gasteiger partial charge on any atom is -0.481 e. The lowest BCUT2D eigenvalue weighted by molar-refractivity contribution is -0.144. The van der Waals surface area contributed by atoms with Crippen LogP contribution in [0.3, 0.4) is 0 Å². The highest BCUT2D eigenvalue weighted by Crippen LogP contribution is 2.18. The molecule has 1 aromatic rings. The first-order valence-corrected chi connectivity index (χ1v) is 3.68. The second-order valence-electron chi connectivity index (χ2n) is 2.67. The Morgan fingerprint density at radius 1 is 1.57 bits per heavy atom. The van der Waals surface area contributed by atoms with Crippen LogP contribution in [0.2, 0.25) is 0 Å². The molecule has 0 saturated heterocycles. The predicted octanol–water partition coefficient (Wildman–Crippen LogP) is 1.07. The highest BCUT2D eigenvalue weighted by molar-refractivity contribution is 5.69. The van der Waals surface area contributed by atoms with Crippen molar-refractivity contribution >= 4 is 5.97 Å². The fourth-order valence-corrected chi connectivity index (χ4v) is 0.977. The molecular weight excluding hydrogens is 201 g/mol. The molecule has 0 aliphatic heterocycles. The molecule has 0 fully saturated rings. The Labute approximate surface area is 77.0 Å². The first-order valence-electron chi connectivity index (χ1n) is 3.68. The van der Waals surface area contributed by atoms with Crippen LogP contribution in [0.1, 0.15) is 5.69 Å². The van der Waals surface area contributed by atoms with Crippen molar-refractivity contribution in [2.75, 3.05) is 0 Å². The van der Waals surface area contributed by atoms with Gasteiger partial charge in [0.2, 0.25) is 0 Å². The Bertz CT molecular complexity index is 332. The fourth-order valence-electron chi connectivity index (χ4n) is 0.977. The van der Waals surface area contributed by atoms with Crippen molar-refractivity contribution in [2.45, 2.75) is 19.1 Å². The van der Waals surface area contributed by atoms with Crippen molar-refractivity contribution in [3.8, 4) is 0 Å². The second kappa shape index (κ2) is 3.69. The minimum absolute atomic E-state index is 0.0369. The first-order chi connectivity index (χ1) is 6.38. The van der Waals surface area contributed by atoms with Crippen LogP contribution in [-0.2, 0) is 17.8 Å². The molecule has 0 amide bonds. The van der Waals surface area contributed by atoms with Gasteiger partial charge in [0, 0.05) is 11.9 Å². The molecule has 0 unspecified atom stereocenters. The Morgan fingerprint density at radius 2 is 2.21 bits per heavy atom. The van der Waals surface area contributed by atoms with Crippen LogP contribution in [0, 0.1) is 0 Å². The highest BCUT2D eigenvalue weighted by Gasteiger charge is 2.29. The number of rotatable bonds is 3. The largest absolute Gasteiger partial charge is 0.481 e. The van der Waals surface area contributed by atoms with E-state index in [2.05, 4.69) is 5.10 Å². The lowest BCUT2D eigenvalue weighted by Gasteiger charge is -2.08. The molecule has 1 N–H and O–H groups in total. The number of aromatic nitrogens is 2. The third kappa shape index (κ3) is 3.08. The van der Waals surface area contributed by atoms with Gasteiger partial charge in [0.1, 0.15) is 6.54 Å². The van der Waals surface area contributed by atoms with Gasteiger partial charge in [-0.15, -0.1) is 0 Å². The lowest BCUT2D eigenvalue weighted by atomic mass is 10.3. The quantitative estimate of drug-likeness (QED) is 0.808. The predicted molar refractivity (Wildman–Crippen MR) is 39.6 cm³/mol. The Balaban J connectivity index is 2.77. The molecule has 0 saturated carbocycles. The summed E-state index contributed by atoms with van der Waals surface area (Å²) in [4.78, 5) is 10.3. The van der Waals surface area contributed by atoms with E-state index in [0.717, 1.165) is 6.20 Å². The number of hydrogen-bond donors (Lipinski definition) is 1. The van der Waals surface area contributed by atoms with Crippen molar-refractivity contribution in [1.29, 1.82) is 0 Å². The fraction of sp³-hybridized carbons (Fsp3) is 0.429. The maximum Gasteiger partial charge on any atom is 0.408 e. The standard InChI is InChI=1S/C7H7F3N2O2/c8-7(9,10)4-12-5(1-2-11-12)3-6(13)14/h1-2H,3-4H2,(H,13,14). The van der Waals surface area contributed by atoms with Crippen LogP contribution in [0.15, 0.2) is 12.3 Å². The molecule has 14 heavy (non-hydrogen) atoms.